The zero-order chi connectivity index (χ0) is 23.0. The molecule has 174 valence electrons. The number of carbonyl (C=O) groups excluding carboxylic acids is 1. The second-order valence-corrected chi connectivity index (χ2v) is 11.2. The molecule has 2 saturated heterocycles. The summed E-state index contributed by atoms with van der Waals surface area (Å²) in [5.74, 6) is 0.327. The van der Waals surface area contributed by atoms with Gasteiger partial charge in [0.2, 0.25) is 10.0 Å². The van der Waals surface area contributed by atoms with E-state index >= 15 is 0 Å². The van der Waals surface area contributed by atoms with Crippen LogP contribution in [-0.4, -0.2) is 54.2 Å². The summed E-state index contributed by atoms with van der Waals surface area (Å²) in [6.45, 7) is 3.85. The first-order valence-corrected chi connectivity index (χ1v) is 13.4. The van der Waals surface area contributed by atoms with Crippen LogP contribution in [0.25, 0.3) is 10.9 Å². The van der Waals surface area contributed by atoms with Crippen molar-refractivity contribution in [3.63, 3.8) is 0 Å². The molecule has 1 aromatic heterocycles. The number of piperidine rings is 2. The number of H-pyrrole nitrogens is 1. The number of fused-ring (bicyclic) bond motifs is 1. The summed E-state index contributed by atoms with van der Waals surface area (Å²) in [4.78, 5) is 18.7. The van der Waals surface area contributed by atoms with E-state index in [4.69, 9.17) is 0 Å². The molecule has 7 heteroatoms. The Balaban J connectivity index is 1.30. The summed E-state index contributed by atoms with van der Waals surface area (Å²) < 4.78 is 28.0. The zero-order valence-electron chi connectivity index (χ0n) is 19.0. The Morgan fingerprint density at radius 3 is 2.55 bits per heavy atom. The fourth-order valence-electron chi connectivity index (χ4n) is 5.36. The van der Waals surface area contributed by atoms with Gasteiger partial charge in [-0.15, -0.1) is 0 Å². The molecule has 2 fully saturated rings. The molecule has 3 heterocycles. The Morgan fingerprint density at radius 1 is 0.970 bits per heavy atom. The lowest BCUT2D eigenvalue weighted by Gasteiger charge is -2.33. The highest BCUT2D eigenvalue weighted by Crippen LogP contribution is 2.33. The summed E-state index contributed by atoms with van der Waals surface area (Å²) in [5.41, 5.74) is 2.92. The largest absolute Gasteiger partial charge is 0.361 e. The van der Waals surface area contributed by atoms with E-state index in [0.717, 1.165) is 37.6 Å². The fourth-order valence-corrected chi connectivity index (χ4v) is 7.11. The van der Waals surface area contributed by atoms with Crippen molar-refractivity contribution in [1.82, 2.24) is 14.2 Å². The van der Waals surface area contributed by atoms with Gasteiger partial charge in [0, 0.05) is 48.3 Å². The molecule has 2 aliphatic heterocycles. The number of aromatic amines is 1. The van der Waals surface area contributed by atoms with Crippen LogP contribution in [0.4, 0.5) is 0 Å². The Labute approximate surface area is 195 Å². The van der Waals surface area contributed by atoms with E-state index in [1.807, 2.05) is 17.9 Å². The molecule has 2 aromatic carbocycles. The number of hydrogen-bond donors (Lipinski definition) is 1. The normalized spacial score (nSPS) is 20.9. The van der Waals surface area contributed by atoms with Crippen molar-refractivity contribution in [3.05, 3.63) is 65.9 Å². The number of hydrogen-bond acceptors (Lipinski definition) is 3. The first-order chi connectivity index (χ1) is 15.9. The number of benzene rings is 2. The predicted octanol–water partition coefficient (Wildman–Crippen LogP) is 4.75. The van der Waals surface area contributed by atoms with E-state index in [9.17, 15) is 13.2 Å². The Hall–Kier alpha value is -2.64. The molecule has 1 atom stereocenters. The van der Waals surface area contributed by atoms with Crippen molar-refractivity contribution < 1.29 is 13.2 Å². The molecule has 1 N–H and O–H groups in total. The fraction of sp³-hybridized carbons (Fsp3) is 0.423. The number of aromatic nitrogens is 1. The molecule has 6 nitrogen and oxygen atoms in total. The van der Waals surface area contributed by atoms with E-state index in [1.54, 1.807) is 28.6 Å². The summed E-state index contributed by atoms with van der Waals surface area (Å²) in [5, 5.41) is 1.26. The van der Waals surface area contributed by atoms with Crippen LogP contribution in [-0.2, 0) is 10.0 Å². The molecule has 0 spiro atoms. The quantitative estimate of drug-likeness (QED) is 0.604. The summed E-state index contributed by atoms with van der Waals surface area (Å²) in [7, 11) is -3.60. The first kappa shape index (κ1) is 22.2. The van der Waals surface area contributed by atoms with Gasteiger partial charge >= 0.3 is 0 Å². The molecule has 33 heavy (non-hydrogen) atoms. The van der Waals surface area contributed by atoms with Gasteiger partial charge in [0.25, 0.3) is 5.91 Å². The van der Waals surface area contributed by atoms with Crippen LogP contribution in [0.3, 0.4) is 0 Å². The van der Waals surface area contributed by atoms with Crippen molar-refractivity contribution >= 4 is 26.8 Å². The molecule has 0 radical (unpaired) electrons. The van der Waals surface area contributed by atoms with Gasteiger partial charge in [0.1, 0.15) is 0 Å². The number of carbonyl (C=O) groups is 1. The summed E-state index contributed by atoms with van der Waals surface area (Å²) >= 11 is 0. The topological polar surface area (TPSA) is 73.5 Å². The van der Waals surface area contributed by atoms with Gasteiger partial charge in [-0.3, -0.25) is 4.79 Å². The number of likely N-dealkylation sites (tertiary alicyclic amines) is 1. The first-order valence-electron chi connectivity index (χ1n) is 11.9. The minimum absolute atomic E-state index is 0.00773. The predicted molar refractivity (Wildman–Crippen MR) is 130 cm³/mol. The minimum Gasteiger partial charge on any atom is -0.361 e. The van der Waals surface area contributed by atoms with Gasteiger partial charge in [0.05, 0.1) is 4.90 Å². The monoisotopic (exact) mass is 465 g/mol. The van der Waals surface area contributed by atoms with Gasteiger partial charge in [-0.05, 0) is 68.4 Å². The Bertz CT molecular complexity index is 1260. The second kappa shape index (κ2) is 8.95. The summed E-state index contributed by atoms with van der Waals surface area (Å²) in [6, 6.07) is 14.9. The third-order valence-electron chi connectivity index (χ3n) is 7.27. The molecule has 0 aliphatic carbocycles. The third-order valence-corrected chi connectivity index (χ3v) is 9.28. The van der Waals surface area contributed by atoms with Crippen LogP contribution < -0.4 is 0 Å². The number of nitrogens with one attached hydrogen (secondary N) is 1. The van der Waals surface area contributed by atoms with Crippen molar-refractivity contribution in [2.45, 2.75) is 55.9 Å². The lowest BCUT2D eigenvalue weighted by molar-refractivity contribution is 0.0713. The van der Waals surface area contributed by atoms with Crippen LogP contribution in [0, 0.1) is 0 Å². The standard InChI is InChI=1S/C26H31N3O3S/c1-19-7-4-5-14-29(19)33(31,32)22-9-6-8-21(17-22)26(30)28-15-12-20(13-16-28)24-18-27-25-11-3-2-10-23(24)25/h2-3,6,8-11,17-20,27H,4-5,7,12-16H2,1H3. The highest BCUT2D eigenvalue weighted by Gasteiger charge is 2.32. The SMILES string of the molecule is CC1CCCCN1S(=O)(=O)c1cccc(C(=O)N2CCC(c3c[nH]c4ccccc34)CC2)c1. The maximum absolute atomic E-state index is 13.2. The summed E-state index contributed by atoms with van der Waals surface area (Å²) in [6.07, 6.45) is 6.72. The highest BCUT2D eigenvalue weighted by molar-refractivity contribution is 7.89. The Morgan fingerprint density at radius 2 is 1.76 bits per heavy atom. The van der Waals surface area contributed by atoms with E-state index < -0.39 is 10.0 Å². The van der Waals surface area contributed by atoms with Crippen LogP contribution >= 0.6 is 0 Å². The maximum Gasteiger partial charge on any atom is 0.253 e. The van der Waals surface area contributed by atoms with E-state index in [0.29, 0.717) is 31.1 Å². The van der Waals surface area contributed by atoms with Gasteiger partial charge in [-0.2, -0.15) is 4.31 Å². The van der Waals surface area contributed by atoms with Crippen molar-refractivity contribution in [1.29, 1.82) is 0 Å². The van der Waals surface area contributed by atoms with Gasteiger partial charge < -0.3 is 9.88 Å². The molecular weight excluding hydrogens is 434 g/mol. The molecule has 1 unspecified atom stereocenters. The lowest BCUT2D eigenvalue weighted by Crippen LogP contribution is -2.42. The van der Waals surface area contributed by atoms with Crippen LogP contribution in [0.1, 0.15) is 60.9 Å². The molecule has 2 aliphatic rings. The number of amides is 1. The third kappa shape index (κ3) is 4.20. The molecule has 3 aromatic rings. The van der Waals surface area contributed by atoms with Gasteiger partial charge in [-0.25, -0.2) is 8.42 Å². The Kier molecular flexibility index (Phi) is 6.01. The number of sulfonamides is 1. The van der Waals surface area contributed by atoms with Crippen LogP contribution in [0.5, 0.6) is 0 Å². The van der Waals surface area contributed by atoms with E-state index in [1.165, 1.54) is 10.9 Å². The number of para-hydroxylation sites is 1. The average molecular weight is 466 g/mol. The molecule has 0 bridgehead atoms. The molecule has 1 amide bonds. The highest BCUT2D eigenvalue weighted by atomic mass is 32.2. The molecular formula is C26H31N3O3S. The smallest absolute Gasteiger partial charge is 0.253 e. The lowest BCUT2D eigenvalue weighted by atomic mass is 9.89. The number of nitrogens with zero attached hydrogens (tertiary/aromatic N) is 2. The van der Waals surface area contributed by atoms with Crippen LogP contribution in [0.15, 0.2) is 59.6 Å². The van der Waals surface area contributed by atoms with E-state index in [-0.39, 0.29) is 16.8 Å². The zero-order valence-corrected chi connectivity index (χ0v) is 19.9. The molecule has 5 rings (SSSR count). The van der Waals surface area contributed by atoms with Gasteiger partial charge in [0.15, 0.2) is 0 Å². The number of rotatable bonds is 4. The molecule has 0 saturated carbocycles. The van der Waals surface area contributed by atoms with Crippen molar-refractivity contribution in [2.24, 2.45) is 0 Å². The van der Waals surface area contributed by atoms with Crippen molar-refractivity contribution in [2.75, 3.05) is 19.6 Å². The van der Waals surface area contributed by atoms with Gasteiger partial charge in [-0.1, -0.05) is 30.7 Å². The minimum atomic E-state index is -3.60. The van der Waals surface area contributed by atoms with Crippen molar-refractivity contribution in [3.8, 4) is 0 Å². The maximum atomic E-state index is 13.2. The second-order valence-electron chi connectivity index (χ2n) is 9.34. The van der Waals surface area contributed by atoms with Crippen LogP contribution in [0.2, 0.25) is 0 Å². The van der Waals surface area contributed by atoms with E-state index in [2.05, 4.69) is 29.4 Å². The average Bonchev–Trinajstić information content (AvgIpc) is 3.28.